The van der Waals surface area contributed by atoms with Gasteiger partial charge in [0.25, 0.3) is 17.7 Å². The zero-order valence-corrected chi connectivity index (χ0v) is 39.4. The maximum atomic E-state index is 13.5. The highest BCUT2D eigenvalue weighted by molar-refractivity contribution is 6.74. The smallest absolute Gasteiger partial charge is 0.407 e. The first-order chi connectivity index (χ1) is 30.8. The molecule has 2 saturated heterocycles. The van der Waals surface area contributed by atoms with Crippen molar-refractivity contribution in [3.63, 3.8) is 0 Å². The molecule has 16 heteroatoms. The van der Waals surface area contributed by atoms with Gasteiger partial charge in [-0.2, -0.15) is 0 Å². The number of ether oxygens (including phenoxy) is 3. The Morgan fingerprint density at radius 2 is 1.66 bits per heavy atom. The van der Waals surface area contributed by atoms with Gasteiger partial charge in [0.1, 0.15) is 24.0 Å². The number of piperidine rings is 1. The van der Waals surface area contributed by atoms with Crippen molar-refractivity contribution in [2.24, 2.45) is 23.7 Å². The van der Waals surface area contributed by atoms with Crippen LogP contribution in [0, 0.1) is 23.7 Å². The number of alkyl carbamates (subject to hydrolysis) is 1. The third-order valence-corrected chi connectivity index (χ3v) is 18.4. The Morgan fingerprint density at radius 3 is 2.38 bits per heavy atom. The van der Waals surface area contributed by atoms with E-state index in [4.69, 9.17) is 18.6 Å². The van der Waals surface area contributed by atoms with Crippen LogP contribution in [0.2, 0.25) is 18.1 Å². The molecule has 0 bridgehead atoms. The summed E-state index contributed by atoms with van der Waals surface area (Å²) in [4.78, 5) is 90.6. The molecule has 3 heterocycles. The number of carbonyl (C=O) groups excluding carboxylic acids is 7. The second-order valence-electron chi connectivity index (χ2n) is 19.7. The number of hydrogen-bond acceptors (Lipinski definition) is 11. The van der Waals surface area contributed by atoms with Crippen LogP contribution in [0.15, 0.2) is 66.3 Å². The SMILES string of the molecule is C[C@H]1C=C2C=C[C@H](C)[C@H](CC[C@@H]3C[C@@H](O[Si](C)(C)C(C)(C)C)CC(=O)O3)[C@H]2[C@@H](OC(=O)NCc2cccc(CNC(=O)COc3cccc4c3C(=O)N(C3CCC(=O)NC3=O)C4=O)c2)C1. The second kappa shape index (κ2) is 19.5. The fraction of sp³-hybridized carbons (Fsp3) is 0.531. The summed E-state index contributed by atoms with van der Waals surface area (Å²) >= 11 is 0. The highest BCUT2D eigenvalue weighted by Crippen LogP contribution is 2.46. The van der Waals surface area contributed by atoms with Gasteiger partial charge in [-0.05, 0) is 90.4 Å². The fourth-order valence-electron chi connectivity index (χ4n) is 9.51. The molecule has 0 spiro atoms. The largest absolute Gasteiger partial charge is 0.483 e. The summed E-state index contributed by atoms with van der Waals surface area (Å²) in [5, 5.41) is 7.93. The van der Waals surface area contributed by atoms with Crippen LogP contribution in [-0.4, -0.2) is 85.8 Å². The number of fused-ring (bicyclic) bond motifs is 2. The molecule has 2 aromatic rings. The lowest BCUT2D eigenvalue weighted by Crippen LogP contribution is -2.54. The van der Waals surface area contributed by atoms with E-state index in [1.54, 1.807) is 0 Å². The summed E-state index contributed by atoms with van der Waals surface area (Å²) in [6, 6.07) is 10.7. The first-order valence-electron chi connectivity index (χ1n) is 22.8. The maximum absolute atomic E-state index is 13.5. The zero-order chi connectivity index (χ0) is 46.8. The van der Waals surface area contributed by atoms with Crippen molar-refractivity contribution in [3.8, 4) is 5.75 Å². The Balaban J connectivity index is 0.899. The number of nitrogens with one attached hydrogen (secondary N) is 3. The van der Waals surface area contributed by atoms with Gasteiger partial charge in [0.15, 0.2) is 14.9 Å². The molecule has 0 aromatic heterocycles. The third kappa shape index (κ3) is 10.9. The molecule has 0 saturated carbocycles. The molecule has 65 heavy (non-hydrogen) atoms. The molecule has 8 atom stereocenters. The summed E-state index contributed by atoms with van der Waals surface area (Å²) in [5.74, 6) is -2.60. The zero-order valence-electron chi connectivity index (χ0n) is 38.4. The molecule has 348 valence electrons. The van der Waals surface area contributed by atoms with Gasteiger partial charge < -0.3 is 29.3 Å². The van der Waals surface area contributed by atoms with Gasteiger partial charge in [-0.1, -0.05) is 83.2 Å². The Morgan fingerprint density at radius 1 is 0.938 bits per heavy atom. The molecule has 15 nitrogen and oxygen atoms in total. The summed E-state index contributed by atoms with van der Waals surface area (Å²) in [6.45, 7) is 15.3. The van der Waals surface area contributed by atoms with Crippen molar-refractivity contribution in [2.75, 3.05) is 6.61 Å². The first-order valence-corrected chi connectivity index (χ1v) is 25.7. The lowest BCUT2D eigenvalue weighted by Gasteiger charge is -2.44. The fourth-order valence-corrected chi connectivity index (χ4v) is 10.9. The minimum atomic E-state index is -2.07. The number of rotatable bonds is 14. The van der Waals surface area contributed by atoms with Crippen LogP contribution < -0.4 is 20.7 Å². The Kier molecular flexibility index (Phi) is 14.2. The van der Waals surface area contributed by atoms with Gasteiger partial charge in [0.2, 0.25) is 11.8 Å². The van der Waals surface area contributed by atoms with Crippen molar-refractivity contribution in [3.05, 3.63) is 88.5 Å². The maximum Gasteiger partial charge on any atom is 0.407 e. The number of allylic oxidation sites excluding steroid dienone is 3. The number of esters is 1. The minimum absolute atomic E-state index is 0.00362. The lowest BCUT2D eigenvalue weighted by molar-refractivity contribution is -0.160. The second-order valence-corrected chi connectivity index (χ2v) is 24.5. The Labute approximate surface area is 381 Å². The van der Waals surface area contributed by atoms with Crippen LogP contribution in [0.1, 0.15) is 111 Å². The van der Waals surface area contributed by atoms with E-state index >= 15 is 0 Å². The molecule has 1 unspecified atom stereocenters. The Bertz CT molecular complexity index is 2280. The van der Waals surface area contributed by atoms with Crippen molar-refractivity contribution in [2.45, 2.75) is 135 Å². The van der Waals surface area contributed by atoms with Crippen LogP contribution in [-0.2, 0) is 46.2 Å². The highest BCUT2D eigenvalue weighted by Gasteiger charge is 2.47. The van der Waals surface area contributed by atoms with Crippen LogP contribution in [0.25, 0.3) is 0 Å². The number of cyclic esters (lactones) is 1. The quantitative estimate of drug-likeness (QED) is 0.104. The van der Waals surface area contributed by atoms with Gasteiger partial charge in [0.05, 0.1) is 23.7 Å². The normalized spacial score (nSPS) is 26.7. The third-order valence-electron chi connectivity index (χ3n) is 13.9. The average Bonchev–Trinajstić information content (AvgIpc) is 3.49. The summed E-state index contributed by atoms with van der Waals surface area (Å²) in [6.07, 6.45) is 8.66. The van der Waals surface area contributed by atoms with Crippen molar-refractivity contribution in [1.82, 2.24) is 20.9 Å². The van der Waals surface area contributed by atoms with E-state index < -0.39 is 56.6 Å². The molecular formula is C49H62N4O11Si. The Hall–Kier alpha value is -5.61. The van der Waals surface area contributed by atoms with Crippen molar-refractivity contribution >= 4 is 49.9 Å². The predicted molar refractivity (Wildman–Crippen MR) is 242 cm³/mol. The van der Waals surface area contributed by atoms with Crippen molar-refractivity contribution in [1.29, 1.82) is 0 Å². The van der Waals surface area contributed by atoms with E-state index in [0.29, 0.717) is 19.3 Å². The van der Waals surface area contributed by atoms with E-state index in [9.17, 15) is 33.6 Å². The molecule has 6 amide bonds. The van der Waals surface area contributed by atoms with Crippen LogP contribution in [0.3, 0.4) is 0 Å². The van der Waals surface area contributed by atoms with Gasteiger partial charge in [-0.3, -0.25) is 39.0 Å². The lowest BCUT2D eigenvalue weighted by atomic mass is 9.65. The summed E-state index contributed by atoms with van der Waals surface area (Å²) < 4.78 is 24.5. The molecule has 2 fully saturated rings. The number of hydrogen-bond donors (Lipinski definition) is 3. The summed E-state index contributed by atoms with van der Waals surface area (Å²) in [5.41, 5.74) is 2.76. The standard InChI is InChI=1S/C49H62N4O11Si/c1-28-20-32-15-14-29(2)35(17-16-33-23-34(24-42(56)62-33)64-65(6,7)49(3,4)5)43(32)39(21-28)63-48(60)51-26-31-11-8-10-30(22-31)25-50-41(55)27-61-38-13-9-12-36-44(38)47(59)53(46(36)58)37-18-19-40(54)52-45(37)57/h8-15,20,22,28-29,33-35,37,39,43H,16-19,21,23-27H2,1-7H3,(H,50,55)(H,51,60)(H,52,54,57)/t28-,29-,33+,34+,35-,37?,39-,43-/m0/s1. The van der Waals surface area contributed by atoms with E-state index in [2.05, 4.69) is 81.9 Å². The molecule has 7 rings (SSSR count). The van der Waals surface area contributed by atoms with Gasteiger partial charge in [-0.15, -0.1) is 0 Å². The van der Waals surface area contributed by atoms with E-state index in [0.717, 1.165) is 22.4 Å². The molecule has 3 aliphatic heterocycles. The molecule has 2 aliphatic carbocycles. The minimum Gasteiger partial charge on any atom is -0.483 e. The van der Waals surface area contributed by atoms with Gasteiger partial charge in [0, 0.05) is 31.8 Å². The predicted octanol–water partition coefficient (Wildman–Crippen LogP) is 6.66. The molecular weight excluding hydrogens is 849 g/mol. The van der Waals surface area contributed by atoms with E-state index in [-0.39, 0.29) is 102 Å². The summed E-state index contributed by atoms with van der Waals surface area (Å²) in [7, 11) is -2.07. The number of carbonyl (C=O) groups is 7. The molecule has 5 aliphatic rings. The van der Waals surface area contributed by atoms with E-state index in [1.807, 2.05) is 24.3 Å². The highest BCUT2D eigenvalue weighted by atomic mass is 28.4. The molecule has 3 N–H and O–H groups in total. The van der Waals surface area contributed by atoms with Crippen LogP contribution in [0.5, 0.6) is 5.75 Å². The van der Waals surface area contributed by atoms with Crippen LogP contribution >= 0.6 is 0 Å². The average molecular weight is 911 g/mol. The number of amides is 6. The van der Waals surface area contributed by atoms with Crippen molar-refractivity contribution < 1.29 is 52.2 Å². The van der Waals surface area contributed by atoms with E-state index in [1.165, 1.54) is 23.8 Å². The number of benzene rings is 2. The molecule has 2 aromatic carbocycles. The van der Waals surface area contributed by atoms with Crippen LogP contribution in [0.4, 0.5) is 4.79 Å². The monoisotopic (exact) mass is 910 g/mol. The molecule has 0 radical (unpaired) electrons. The van der Waals surface area contributed by atoms with Gasteiger partial charge >= 0.3 is 12.1 Å². The van der Waals surface area contributed by atoms with Gasteiger partial charge in [-0.25, -0.2) is 4.79 Å². The number of nitrogens with zero attached hydrogens (tertiary/aromatic N) is 1. The first kappa shape index (κ1) is 47.4. The topological polar surface area (TPSA) is 196 Å². The number of imide groups is 2.